The molecule has 0 aliphatic rings. The maximum atomic E-state index is 13.0. The van der Waals surface area contributed by atoms with Gasteiger partial charge in [0.2, 0.25) is 11.0 Å². The molecule has 0 fully saturated rings. The molecule has 0 N–H and O–H groups in total. The standard InChI is InChI=1S/C13H18F2N6S/c1-4-5-6-22-13-19-18-12(11(14)15)21(13)17-8-10-7-16-20(3)9(10)2/h7-8,11H,4-6H2,1-3H3. The predicted octanol–water partition coefficient (Wildman–Crippen LogP) is 3.03. The fourth-order valence-electron chi connectivity index (χ4n) is 1.68. The van der Waals surface area contributed by atoms with Crippen LogP contribution in [0.5, 0.6) is 0 Å². The zero-order valence-electron chi connectivity index (χ0n) is 12.7. The van der Waals surface area contributed by atoms with E-state index in [0.29, 0.717) is 5.16 Å². The first-order valence-electron chi connectivity index (χ1n) is 6.93. The largest absolute Gasteiger partial charge is 0.299 e. The van der Waals surface area contributed by atoms with E-state index in [9.17, 15) is 8.78 Å². The van der Waals surface area contributed by atoms with Crippen LogP contribution in [0.25, 0.3) is 0 Å². The van der Waals surface area contributed by atoms with E-state index >= 15 is 0 Å². The predicted molar refractivity (Wildman–Crippen MR) is 81.5 cm³/mol. The Kier molecular flexibility index (Phi) is 5.64. The highest BCUT2D eigenvalue weighted by molar-refractivity contribution is 7.99. The van der Waals surface area contributed by atoms with Gasteiger partial charge in [0, 0.05) is 24.1 Å². The molecule has 0 saturated heterocycles. The van der Waals surface area contributed by atoms with Gasteiger partial charge >= 0.3 is 0 Å². The van der Waals surface area contributed by atoms with Gasteiger partial charge in [-0.05, 0) is 13.3 Å². The van der Waals surface area contributed by atoms with Crippen molar-refractivity contribution in [3.05, 3.63) is 23.3 Å². The van der Waals surface area contributed by atoms with Gasteiger partial charge < -0.3 is 0 Å². The van der Waals surface area contributed by atoms with Gasteiger partial charge in [-0.3, -0.25) is 4.68 Å². The third-order valence-electron chi connectivity index (χ3n) is 3.15. The Balaban J connectivity index is 2.26. The first kappa shape index (κ1) is 16.6. The minimum Gasteiger partial charge on any atom is -0.272 e. The summed E-state index contributed by atoms with van der Waals surface area (Å²) in [4.78, 5) is 0. The minimum absolute atomic E-state index is 0.376. The Morgan fingerprint density at radius 2 is 2.18 bits per heavy atom. The van der Waals surface area contributed by atoms with Gasteiger partial charge in [-0.25, -0.2) is 8.78 Å². The fraction of sp³-hybridized carbons (Fsp3) is 0.538. The van der Waals surface area contributed by atoms with E-state index in [1.54, 1.807) is 10.9 Å². The van der Waals surface area contributed by atoms with Gasteiger partial charge in [0.1, 0.15) is 0 Å². The smallest absolute Gasteiger partial charge is 0.272 e. The summed E-state index contributed by atoms with van der Waals surface area (Å²) in [6, 6.07) is 0. The van der Waals surface area contributed by atoms with Crippen molar-refractivity contribution in [1.82, 2.24) is 24.7 Å². The maximum absolute atomic E-state index is 13.0. The van der Waals surface area contributed by atoms with Crippen molar-refractivity contribution in [3.63, 3.8) is 0 Å². The molecule has 0 bridgehead atoms. The SMILES string of the molecule is CCCCSc1nnc(C(F)F)n1N=Cc1cnn(C)c1C. The van der Waals surface area contributed by atoms with Crippen molar-refractivity contribution in [2.75, 3.05) is 5.75 Å². The van der Waals surface area contributed by atoms with Crippen LogP contribution in [-0.4, -0.2) is 36.6 Å². The van der Waals surface area contributed by atoms with E-state index in [1.165, 1.54) is 18.0 Å². The molecule has 2 aromatic rings. The Hall–Kier alpha value is -1.77. The Bertz CT molecular complexity index is 649. The lowest BCUT2D eigenvalue weighted by Gasteiger charge is -2.03. The van der Waals surface area contributed by atoms with Crippen LogP contribution in [0.3, 0.4) is 0 Å². The van der Waals surface area contributed by atoms with E-state index in [0.717, 1.165) is 34.5 Å². The molecule has 2 rings (SSSR count). The van der Waals surface area contributed by atoms with Gasteiger partial charge in [0.05, 0.1) is 12.4 Å². The van der Waals surface area contributed by atoms with Gasteiger partial charge in [-0.1, -0.05) is 25.1 Å². The quantitative estimate of drug-likeness (QED) is 0.445. The van der Waals surface area contributed by atoms with Crippen LogP contribution in [0.2, 0.25) is 0 Å². The zero-order valence-corrected chi connectivity index (χ0v) is 13.5. The Labute approximate surface area is 131 Å². The van der Waals surface area contributed by atoms with E-state index in [2.05, 4.69) is 27.3 Å². The molecular weight excluding hydrogens is 310 g/mol. The van der Waals surface area contributed by atoms with E-state index in [1.807, 2.05) is 14.0 Å². The molecule has 0 spiro atoms. The molecule has 120 valence electrons. The second-order valence-corrected chi connectivity index (χ2v) is 5.77. The molecule has 0 atom stereocenters. The molecule has 0 radical (unpaired) electrons. The lowest BCUT2D eigenvalue weighted by molar-refractivity contribution is 0.135. The van der Waals surface area contributed by atoms with Gasteiger partial charge in [0.25, 0.3) is 6.43 Å². The topological polar surface area (TPSA) is 60.9 Å². The summed E-state index contributed by atoms with van der Waals surface area (Å²) >= 11 is 1.38. The maximum Gasteiger partial charge on any atom is 0.299 e. The summed E-state index contributed by atoms with van der Waals surface area (Å²) in [5.41, 5.74) is 1.66. The van der Waals surface area contributed by atoms with Crippen molar-refractivity contribution >= 4 is 18.0 Å². The summed E-state index contributed by atoms with van der Waals surface area (Å²) in [7, 11) is 1.81. The molecular formula is C13H18F2N6S. The molecule has 2 aromatic heterocycles. The number of hydrogen-bond acceptors (Lipinski definition) is 5. The molecule has 6 nitrogen and oxygen atoms in total. The molecule has 0 amide bonds. The van der Waals surface area contributed by atoms with E-state index in [-0.39, 0.29) is 0 Å². The molecule has 2 heterocycles. The highest BCUT2D eigenvalue weighted by atomic mass is 32.2. The second-order valence-electron chi connectivity index (χ2n) is 4.71. The monoisotopic (exact) mass is 328 g/mol. The van der Waals surface area contributed by atoms with Gasteiger partial charge in [-0.15, -0.1) is 10.2 Å². The molecule has 9 heteroatoms. The lowest BCUT2D eigenvalue weighted by atomic mass is 10.3. The van der Waals surface area contributed by atoms with Crippen molar-refractivity contribution in [3.8, 4) is 0 Å². The van der Waals surface area contributed by atoms with Gasteiger partial charge in [-0.2, -0.15) is 14.9 Å². The third kappa shape index (κ3) is 3.70. The number of unbranched alkanes of at least 4 members (excludes halogenated alkanes) is 1. The third-order valence-corrected chi connectivity index (χ3v) is 4.15. The van der Waals surface area contributed by atoms with Gasteiger partial charge in [0.15, 0.2) is 0 Å². The number of nitrogens with zero attached hydrogens (tertiary/aromatic N) is 6. The molecule has 0 aliphatic carbocycles. The molecule has 0 unspecified atom stereocenters. The first-order chi connectivity index (χ1) is 10.5. The van der Waals surface area contributed by atoms with Crippen LogP contribution in [-0.2, 0) is 7.05 Å². The number of aromatic nitrogens is 5. The number of rotatable bonds is 7. The minimum atomic E-state index is -2.72. The number of halogens is 2. The zero-order chi connectivity index (χ0) is 16.1. The molecule has 0 saturated carbocycles. The van der Waals surface area contributed by atoms with Crippen molar-refractivity contribution in [2.24, 2.45) is 12.1 Å². The van der Waals surface area contributed by atoms with Crippen LogP contribution in [0.4, 0.5) is 8.78 Å². The lowest BCUT2D eigenvalue weighted by Crippen LogP contribution is -2.01. The average Bonchev–Trinajstić information content (AvgIpc) is 3.03. The molecule has 22 heavy (non-hydrogen) atoms. The normalized spacial score (nSPS) is 11.9. The summed E-state index contributed by atoms with van der Waals surface area (Å²) in [5, 5.41) is 15.9. The summed E-state index contributed by atoms with van der Waals surface area (Å²) in [6.45, 7) is 3.95. The van der Waals surface area contributed by atoms with Crippen LogP contribution in [0.15, 0.2) is 16.5 Å². The average molecular weight is 328 g/mol. The van der Waals surface area contributed by atoms with Crippen molar-refractivity contribution in [1.29, 1.82) is 0 Å². The van der Waals surface area contributed by atoms with E-state index < -0.39 is 12.2 Å². The molecule has 0 aromatic carbocycles. The van der Waals surface area contributed by atoms with Crippen LogP contribution in [0.1, 0.15) is 43.3 Å². The molecule has 0 aliphatic heterocycles. The van der Waals surface area contributed by atoms with Crippen molar-refractivity contribution < 1.29 is 8.78 Å². The first-order valence-corrected chi connectivity index (χ1v) is 7.92. The highest BCUT2D eigenvalue weighted by Gasteiger charge is 2.20. The highest BCUT2D eigenvalue weighted by Crippen LogP contribution is 2.24. The fourth-order valence-corrected chi connectivity index (χ4v) is 2.66. The second kappa shape index (κ2) is 7.48. The summed E-state index contributed by atoms with van der Waals surface area (Å²) in [5.74, 6) is 0.344. The number of thioether (sulfide) groups is 1. The Morgan fingerprint density at radius 1 is 1.41 bits per heavy atom. The van der Waals surface area contributed by atoms with Crippen LogP contribution < -0.4 is 0 Å². The van der Waals surface area contributed by atoms with Crippen molar-refractivity contribution in [2.45, 2.75) is 38.3 Å². The van der Waals surface area contributed by atoms with Crippen LogP contribution >= 0.6 is 11.8 Å². The number of alkyl halides is 2. The number of aryl methyl sites for hydroxylation is 1. The van der Waals surface area contributed by atoms with E-state index in [4.69, 9.17) is 0 Å². The summed E-state index contributed by atoms with van der Waals surface area (Å²) < 4.78 is 28.8. The number of hydrogen-bond donors (Lipinski definition) is 0. The Morgan fingerprint density at radius 3 is 2.77 bits per heavy atom. The van der Waals surface area contributed by atoms with Crippen LogP contribution in [0, 0.1) is 6.92 Å². The summed E-state index contributed by atoms with van der Waals surface area (Å²) in [6.07, 6.45) is 2.42.